The fraction of sp³-hybridized carbons (Fsp3) is 0.529. The van der Waals surface area contributed by atoms with Crippen molar-refractivity contribution in [3.05, 3.63) is 35.4 Å². The highest BCUT2D eigenvalue weighted by molar-refractivity contribution is 5.99. The maximum Gasteiger partial charge on any atom is 0.253 e. The minimum Gasteiger partial charge on any atom is -0.391 e. The molecule has 5 heteroatoms. The molecule has 0 saturated carbocycles. The number of amides is 2. The Labute approximate surface area is 132 Å². The molecule has 1 aromatic carbocycles. The van der Waals surface area contributed by atoms with Gasteiger partial charge in [0.15, 0.2) is 0 Å². The van der Waals surface area contributed by atoms with E-state index < -0.39 is 6.10 Å². The van der Waals surface area contributed by atoms with Crippen LogP contribution in [-0.2, 0) is 0 Å². The number of carbonyl (C=O) groups excluding carboxylic acids is 2. The van der Waals surface area contributed by atoms with Crippen LogP contribution in [0.4, 0.5) is 0 Å². The van der Waals surface area contributed by atoms with Crippen molar-refractivity contribution < 1.29 is 14.7 Å². The van der Waals surface area contributed by atoms with Crippen molar-refractivity contribution in [3.63, 3.8) is 0 Å². The van der Waals surface area contributed by atoms with Crippen molar-refractivity contribution in [2.75, 3.05) is 20.1 Å². The molecule has 0 aromatic heterocycles. The third kappa shape index (κ3) is 4.84. The molecule has 0 bridgehead atoms. The first-order valence-electron chi connectivity index (χ1n) is 7.72. The quantitative estimate of drug-likeness (QED) is 0.808. The summed E-state index contributed by atoms with van der Waals surface area (Å²) >= 11 is 0. The molecular weight excluding hydrogens is 280 g/mol. The lowest BCUT2D eigenvalue weighted by Gasteiger charge is -2.18. The van der Waals surface area contributed by atoms with Crippen LogP contribution in [0.15, 0.2) is 24.3 Å². The molecule has 0 aliphatic heterocycles. The number of aliphatic hydroxyl groups excluding tert-OH is 1. The number of hydrogen-bond donors (Lipinski definition) is 2. The number of benzene rings is 1. The van der Waals surface area contributed by atoms with E-state index in [-0.39, 0.29) is 24.3 Å². The van der Waals surface area contributed by atoms with E-state index >= 15 is 0 Å². The fourth-order valence-corrected chi connectivity index (χ4v) is 1.93. The number of aliphatic hydroxyl groups is 1. The van der Waals surface area contributed by atoms with E-state index in [1.165, 1.54) is 0 Å². The minimum atomic E-state index is -0.565. The molecule has 0 aliphatic carbocycles. The van der Waals surface area contributed by atoms with Gasteiger partial charge in [0, 0.05) is 31.3 Å². The van der Waals surface area contributed by atoms with E-state index in [1.807, 2.05) is 20.8 Å². The molecule has 0 aliphatic rings. The largest absolute Gasteiger partial charge is 0.391 e. The molecule has 2 amide bonds. The Bertz CT molecular complexity index is 516. The Morgan fingerprint density at radius 2 is 1.91 bits per heavy atom. The van der Waals surface area contributed by atoms with Gasteiger partial charge in [-0.05, 0) is 31.0 Å². The molecule has 2 atom stereocenters. The van der Waals surface area contributed by atoms with E-state index in [0.717, 1.165) is 6.42 Å². The highest BCUT2D eigenvalue weighted by Gasteiger charge is 2.16. The van der Waals surface area contributed by atoms with E-state index in [9.17, 15) is 14.7 Å². The van der Waals surface area contributed by atoms with Gasteiger partial charge < -0.3 is 15.3 Å². The summed E-state index contributed by atoms with van der Waals surface area (Å²) in [6.07, 6.45) is 0.287. The zero-order valence-electron chi connectivity index (χ0n) is 13.8. The van der Waals surface area contributed by atoms with Gasteiger partial charge in [0.05, 0.1) is 6.10 Å². The molecule has 1 aromatic rings. The zero-order chi connectivity index (χ0) is 16.7. The van der Waals surface area contributed by atoms with Crippen molar-refractivity contribution in [2.24, 2.45) is 5.92 Å². The molecule has 0 radical (unpaired) electrons. The smallest absolute Gasteiger partial charge is 0.253 e. The van der Waals surface area contributed by atoms with Gasteiger partial charge >= 0.3 is 0 Å². The van der Waals surface area contributed by atoms with E-state index in [1.54, 1.807) is 36.2 Å². The lowest BCUT2D eigenvalue weighted by atomic mass is 10.0. The summed E-state index contributed by atoms with van der Waals surface area (Å²) < 4.78 is 0. The monoisotopic (exact) mass is 306 g/mol. The molecule has 2 N–H and O–H groups in total. The standard InChI is InChI=1S/C17H26N2O3/c1-5-12(3)15(20)11-18-16(21)13-8-7-9-14(10-13)17(22)19(4)6-2/h7-10,12,15,20H,5-6,11H2,1-4H3,(H,18,21). The van der Waals surface area contributed by atoms with Crippen LogP contribution in [0.2, 0.25) is 0 Å². The second kappa shape index (κ2) is 8.54. The Kier molecular flexibility index (Phi) is 7.05. The maximum absolute atomic E-state index is 12.1. The van der Waals surface area contributed by atoms with Gasteiger partial charge in [-0.3, -0.25) is 9.59 Å². The summed E-state index contributed by atoms with van der Waals surface area (Å²) in [6.45, 7) is 6.65. The summed E-state index contributed by atoms with van der Waals surface area (Å²) in [5.41, 5.74) is 0.908. The Morgan fingerprint density at radius 3 is 2.50 bits per heavy atom. The highest BCUT2D eigenvalue weighted by Crippen LogP contribution is 2.09. The van der Waals surface area contributed by atoms with Crippen LogP contribution in [0.5, 0.6) is 0 Å². The van der Waals surface area contributed by atoms with Gasteiger partial charge in [-0.2, -0.15) is 0 Å². The van der Waals surface area contributed by atoms with Crippen LogP contribution in [-0.4, -0.2) is 48.1 Å². The predicted octanol–water partition coefficient (Wildman–Crippen LogP) is 1.92. The summed E-state index contributed by atoms with van der Waals surface area (Å²) in [5.74, 6) is -0.264. The number of hydrogen-bond acceptors (Lipinski definition) is 3. The molecule has 0 spiro atoms. The molecule has 2 unspecified atom stereocenters. The lowest BCUT2D eigenvalue weighted by molar-refractivity contribution is 0.0802. The first-order chi connectivity index (χ1) is 10.4. The molecule has 0 fully saturated rings. The van der Waals surface area contributed by atoms with Crippen molar-refractivity contribution in [1.82, 2.24) is 10.2 Å². The van der Waals surface area contributed by atoms with Gasteiger partial charge in [-0.1, -0.05) is 26.3 Å². The van der Waals surface area contributed by atoms with Crippen molar-refractivity contribution >= 4 is 11.8 Å². The van der Waals surface area contributed by atoms with Gasteiger partial charge in [-0.25, -0.2) is 0 Å². The van der Waals surface area contributed by atoms with Crippen molar-refractivity contribution in [3.8, 4) is 0 Å². The molecular formula is C17H26N2O3. The van der Waals surface area contributed by atoms with Crippen LogP contribution in [0.25, 0.3) is 0 Å². The molecule has 1 rings (SSSR count). The highest BCUT2D eigenvalue weighted by atomic mass is 16.3. The first-order valence-corrected chi connectivity index (χ1v) is 7.72. The van der Waals surface area contributed by atoms with Crippen molar-refractivity contribution in [2.45, 2.75) is 33.3 Å². The number of rotatable bonds is 7. The molecule has 22 heavy (non-hydrogen) atoms. The van der Waals surface area contributed by atoms with Gasteiger partial charge in [-0.15, -0.1) is 0 Å². The lowest BCUT2D eigenvalue weighted by Crippen LogP contribution is -2.35. The fourth-order valence-electron chi connectivity index (χ4n) is 1.93. The third-order valence-corrected chi connectivity index (χ3v) is 3.97. The minimum absolute atomic E-state index is 0.114. The summed E-state index contributed by atoms with van der Waals surface area (Å²) in [6, 6.07) is 6.63. The van der Waals surface area contributed by atoms with E-state index in [4.69, 9.17) is 0 Å². The average Bonchev–Trinajstić information content (AvgIpc) is 2.57. The van der Waals surface area contributed by atoms with Crippen LogP contribution >= 0.6 is 0 Å². The van der Waals surface area contributed by atoms with Crippen LogP contribution in [0, 0.1) is 5.92 Å². The normalized spacial score (nSPS) is 13.3. The topological polar surface area (TPSA) is 69.6 Å². The van der Waals surface area contributed by atoms with Gasteiger partial charge in [0.1, 0.15) is 0 Å². The van der Waals surface area contributed by atoms with Crippen molar-refractivity contribution in [1.29, 1.82) is 0 Å². The Balaban J connectivity index is 2.73. The SMILES string of the molecule is CCC(C)C(O)CNC(=O)c1cccc(C(=O)N(C)CC)c1. The number of nitrogens with one attached hydrogen (secondary N) is 1. The summed E-state index contributed by atoms with van der Waals surface area (Å²) in [7, 11) is 1.72. The number of carbonyl (C=O) groups is 2. The predicted molar refractivity (Wildman–Crippen MR) is 86.9 cm³/mol. The third-order valence-electron chi connectivity index (χ3n) is 3.97. The first kappa shape index (κ1) is 18.2. The maximum atomic E-state index is 12.1. The number of nitrogens with zero attached hydrogens (tertiary/aromatic N) is 1. The molecule has 122 valence electrons. The van der Waals surface area contributed by atoms with E-state index in [0.29, 0.717) is 17.7 Å². The van der Waals surface area contributed by atoms with Gasteiger partial charge in [0.25, 0.3) is 11.8 Å². The second-order valence-corrected chi connectivity index (χ2v) is 5.56. The summed E-state index contributed by atoms with van der Waals surface area (Å²) in [5, 5.41) is 12.6. The molecule has 0 saturated heterocycles. The molecule has 5 nitrogen and oxygen atoms in total. The second-order valence-electron chi connectivity index (χ2n) is 5.56. The Hall–Kier alpha value is -1.88. The van der Waals surface area contributed by atoms with Crippen LogP contribution in [0.1, 0.15) is 47.9 Å². The zero-order valence-corrected chi connectivity index (χ0v) is 13.8. The summed E-state index contributed by atoms with van der Waals surface area (Å²) in [4.78, 5) is 25.8. The molecule has 0 heterocycles. The van der Waals surface area contributed by atoms with E-state index in [2.05, 4.69) is 5.32 Å². The van der Waals surface area contributed by atoms with Crippen LogP contribution in [0.3, 0.4) is 0 Å². The Morgan fingerprint density at radius 1 is 1.27 bits per heavy atom. The average molecular weight is 306 g/mol. The van der Waals surface area contributed by atoms with Gasteiger partial charge in [0.2, 0.25) is 0 Å². The van der Waals surface area contributed by atoms with Crippen LogP contribution < -0.4 is 5.32 Å².